The molecule has 7 heteroatoms. The first-order valence-corrected chi connectivity index (χ1v) is 3.87. The predicted molar refractivity (Wildman–Crippen MR) is 48.6 cm³/mol. The topological polar surface area (TPSA) is 93.0 Å². The molecule has 0 fully saturated rings. The highest BCUT2D eigenvalue weighted by Gasteiger charge is 2.18. The molecule has 0 saturated heterocycles. The van der Waals surface area contributed by atoms with Crippen molar-refractivity contribution in [2.75, 3.05) is 0 Å². The number of nitrogens with zero attached hydrogens (tertiary/aromatic N) is 1. The fourth-order valence-corrected chi connectivity index (χ4v) is 1.06. The molecule has 0 aliphatic heterocycles. The third-order valence-corrected chi connectivity index (χ3v) is 1.69. The Balaban J connectivity index is 3.19. The third-order valence-electron chi connectivity index (χ3n) is 1.69. The van der Waals surface area contributed by atoms with E-state index in [-0.39, 0.29) is 17.8 Å². The Morgan fingerprint density at radius 3 is 2.53 bits per heavy atom. The van der Waals surface area contributed by atoms with Gasteiger partial charge in [0, 0.05) is 6.42 Å². The lowest BCUT2D eigenvalue weighted by molar-refractivity contribution is -0.387. The minimum Gasteiger partial charge on any atom is -0.387 e. The van der Waals surface area contributed by atoms with Crippen LogP contribution in [0.15, 0.2) is 12.1 Å². The largest absolute Gasteiger partial charge is 0.387 e. The van der Waals surface area contributed by atoms with Gasteiger partial charge in [0.15, 0.2) is 0 Å². The molecule has 0 aliphatic rings. The number of halogens is 2. The van der Waals surface area contributed by atoms with Crippen LogP contribution in [0, 0.1) is 27.2 Å². The lowest BCUT2D eigenvalue weighted by atomic mass is 10.1. The number of hydrogen-bond donors (Lipinski definition) is 2. The van der Waals surface area contributed by atoms with E-state index in [9.17, 15) is 18.9 Å². The molecule has 1 aromatic rings. The van der Waals surface area contributed by atoms with Crippen LogP contribution >= 0.6 is 0 Å². The molecule has 0 radical (unpaired) electrons. The van der Waals surface area contributed by atoms with Gasteiger partial charge in [0.2, 0.25) is 5.82 Å². The van der Waals surface area contributed by atoms with E-state index in [1.807, 2.05) is 0 Å². The Morgan fingerprint density at radius 1 is 1.47 bits per heavy atom. The molecular formula is C8H7F2N3O2. The number of amidine groups is 1. The average molecular weight is 215 g/mol. The van der Waals surface area contributed by atoms with Gasteiger partial charge >= 0.3 is 5.69 Å². The van der Waals surface area contributed by atoms with E-state index < -0.39 is 22.2 Å². The number of benzene rings is 1. The summed E-state index contributed by atoms with van der Waals surface area (Å²) in [4.78, 5) is 9.22. The van der Waals surface area contributed by atoms with Crippen LogP contribution in [0.25, 0.3) is 0 Å². The summed E-state index contributed by atoms with van der Waals surface area (Å²) in [5.41, 5.74) is 3.90. The molecule has 0 heterocycles. The molecule has 80 valence electrons. The first-order chi connectivity index (χ1) is 6.91. The van der Waals surface area contributed by atoms with Gasteiger partial charge in [0.05, 0.1) is 16.8 Å². The van der Waals surface area contributed by atoms with Crippen LogP contribution in [0.4, 0.5) is 14.5 Å². The highest BCUT2D eigenvalue weighted by molar-refractivity contribution is 5.79. The van der Waals surface area contributed by atoms with Gasteiger partial charge < -0.3 is 5.73 Å². The second-order valence-electron chi connectivity index (χ2n) is 2.85. The summed E-state index contributed by atoms with van der Waals surface area (Å²) < 4.78 is 26.1. The zero-order valence-corrected chi connectivity index (χ0v) is 7.46. The second kappa shape index (κ2) is 3.99. The first-order valence-electron chi connectivity index (χ1n) is 3.87. The van der Waals surface area contributed by atoms with E-state index in [0.29, 0.717) is 12.1 Å². The SMILES string of the molecule is N=C(N)Cc1cc(F)c([N+](=O)[O-])cc1F. The summed E-state index contributed by atoms with van der Waals surface area (Å²) in [5.74, 6) is -2.43. The molecule has 15 heavy (non-hydrogen) atoms. The van der Waals surface area contributed by atoms with Crippen LogP contribution in [0.3, 0.4) is 0 Å². The maximum Gasteiger partial charge on any atom is 0.307 e. The zero-order chi connectivity index (χ0) is 11.6. The lowest BCUT2D eigenvalue weighted by Gasteiger charge is -2.02. The Labute approximate surface area is 83.2 Å². The second-order valence-corrected chi connectivity index (χ2v) is 2.85. The lowest BCUT2D eigenvalue weighted by Crippen LogP contribution is -2.14. The summed E-state index contributed by atoms with van der Waals surface area (Å²) in [6.07, 6.45) is -0.277. The van der Waals surface area contributed by atoms with Crippen molar-refractivity contribution in [3.63, 3.8) is 0 Å². The van der Waals surface area contributed by atoms with Crippen LogP contribution in [-0.2, 0) is 6.42 Å². The van der Waals surface area contributed by atoms with Crippen LogP contribution in [0.5, 0.6) is 0 Å². The van der Waals surface area contributed by atoms with E-state index >= 15 is 0 Å². The van der Waals surface area contributed by atoms with Crippen molar-refractivity contribution in [2.45, 2.75) is 6.42 Å². The van der Waals surface area contributed by atoms with Crippen molar-refractivity contribution in [1.82, 2.24) is 0 Å². The van der Waals surface area contributed by atoms with Crippen LogP contribution in [-0.4, -0.2) is 10.8 Å². The van der Waals surface area contributed by atoms with Crippen molar-refractivity contribution >= 4 is 11.5 Å². The number of nitro benzene ring substituents is 1. The molecule has 0 aromatic heterocycles. The maximum absolute atomic E-state index is 13.1. The molecule has 3 N–H and O–H groups in total. The summed E-state index contributed by atoms with van der Waals surface area (Å²) in [5, 5.41) is 17.1. The molecule has 0 atom stereocenters. The van der Waals surface area contributed by atoms with Crippen molar-refractivity contribution in [3.05, 3.63) is 39.4 Å². The van der Waals surface area contributed by atoms with Crippen molar-refractivity contribution in [2.24, 2.45) is 5.73 Å². The third kappa shape index (κ3) is 2.46. The highest BCUT2D eigenvalue weighted by Crippen LogP contribution is 2.21. The minimum atomic E-state index is -1.14. The summed E-state index contributed by atoms with van der Waals surface area (Å²) in [7, 11) is 0. The molecule has 0 unspecified atom stereocenters. The van der Waals surface area contributed by atoms with Gasteiger partial charge in [-0.1, -0.05) is 0 Å². The standard InChI is InChI=1S/C8H7F2N3O2/c9-5-3-7(13(14)15)6(10)1-4(5)2-8(11)12/h1,3H,2H2,(H3,11,12). The highest BCUT2D eigenvalue weighted by atomic mass is 19.1. The average Bonchev–Trinajstić information content (AvgIpc) is 2.09. The smallest absolute Gasteiger partial charge is 0.307 e. The predicted octanol–water partition coefficient (Wildman–Crippen LogP) is 1.35. The van der Waals surface area contributed by atoms with E-state index in [1.54, 1.807) is 0 Å². The number of nitrogens with two attached hydrogens (primary N) is 1. The first kappa shape index (κ1) is 11.0. The van der Waals surface area contributed by atoms with Gasteiger partial charge in [-0.05, 0) is 11.6 Å². The molecule has 1 rings (SSSR count). The Bertz CT molecular complexity index is 434. The molecular weight excluding hydrogens is 208 g/mol. The number of nitrogens with one attached hydrogen (secondary N) is 1. The zero-order valence-electron chi connectivity index (χ0n) is 7.46. The molecule has 0 saturated carbocycles. The summed E-state index contributed by atoms with van der Waals surface area (Å²) in [6, 6.07) is 1.16. The molecule has 1 aromatic carbocycles. The Hall–Kier alpha value is -2.05. The van der Waals surface area contributed by atoms with E-state index in [0.717, 1.165) is 0 Å². The normalized spacial score (nSPS) is 10.0. The van der Waals surface area contributed by atoms with Crippen LogP contribution in [0.1, 0.15) is 5.56 Å². The fraction of sp³-hybridized carbons (Fsp3) is 0.125. The summed E-state index contributed by atoms with van der Waals surface area (Å²) >= 11 is 0. The van der Waals surface area contributed by atoms with Gasteiger partial charge in [0.25, 0.3) is 0 Å². The van der Waals surface area contributed by atoms with Gasteiger partial charge in [0.1, 0.15) is 5.82 Å². The Morgan fingerprint density at radius 2 is 2.07 bits per heavy atom. The van der Waals surface area contributed by atoms with Gasteiger partial charge in [-0.3, -0.25) is 15.5 Å². The fourth-order valence-electron chi connectivity index (χ4n) is 1.06. The van der Waals surface area contributed by atoms with Gasteiger partial charge in [-0.15, -0.1) is 0 Å². The number of hydrogen-bond acceptors (Lipinski definition) is 3. The van der Waals surface area contributed by atoms with Crippen LogP contribution in [0.2, 0.25) is 0 Å². The van der Waals surface area contributed by atoms with E-state index in [4.69, 9.17) is 11.1 Å². The number of nitro groups is 1. The monoisotopic (exact) mass is 215 g/mol. The maximum atomic E-state index is 13.1. The molecule has 0 spiro atoms. The molecule has 5 nitrogen and oxygen atoms in total. The quantitative estimate of drug-likeness (QED) is 0.345. The van der Waals surface area contributed by atoms with Crippen LogP contribution < -0.4 is 5.73 Å². The number of rotatable bonds is 3. The van der Waals surface area contributed by atoms with Gasteiger partial charge in [-0.25, -0.2) is 4.39 Å². The van der Waals surface area contributed by atoms with Crippen molar-refractivity contribution in [1.29, 1.82) is 5.41 Å². The molecule has 0 aliphatic carbocycles. The Kier molecular flexibility index (Phi) is 2.93. The molecule has 0 amide bonds. The van der Waals surface area contributed by atoms with Crippen molar-refractivity contribution in [3.8, 4) is 0 Å². The van der Waals surface area contributed by atoms with Crippen molar-refractivity contribution < 1.29 is 13.7 Å². The minimum absolute atomic E-state index is 0.175. The van der Waals surface area contributed by atoms with E-state index in [2.05, 4.69) is 0 Å². The summed E-state index contributed by atoms with van der Waals surface area (Å²) in [6.45, 7) is 0. The molecule has 0 bridgehead atoms. The van der Waals surface area contributed by atoms with E-state index in [1.165, 1.54) is 0 Å². The van der Waals surface area contributed by atoms with Gasteiger partial charge in [-0.2, -0.15) is 4.39 Å².